The molecule has 0 bridgehead atoms. The number of nitrogens with zero attached hydrogens (tertiary/aromatic N) is 4. The van der Waals surface area contributed by atoms with Gasteiger partial charge in [-0.15, -0.1) is 11.3 Å². The lowest BCUT2D eigenvalue weighted by Crippen LogP contribution is -2.29. The molecule has 4 aromatic rings. The fraction of sp³-hybridized carbons (Fsp3) is 0. The van der Waals surface area contributed by atoms with Crippen molar-refractivity contribution in [3.05, 3.63) is 65.6 Å². The number of aromatic nitrogens is 3. The van der Waals surface area contributed by atoms with E-state index in [2.05, 4.69) is 30.6 Å². The van der Waals surface area contributed by atoms with Gasteiger partial charge in [-0.05, 0) is 42.0 Å². The third kappa shape index (κ3) is 3.02. The molecule has 0 saturated carbocycles. The number of rotatable bonds is 2. The number of carbonyl (C=O) groups excluding carboxylic acids is 1. The molecule has 1 aliphatic rings. The van der Waals surface area contributed by atoms with Crippen LogP contribution in [0.1, 0.15) is 5.56 Å². The van der Waals surface area contributed by atoms with Gasteiger partial charge in [0.1, 0.15) is 5.70 Å². The molecule has 0 aliphatic carbocycles. The van der Waals surface area contributed by atoms with Gasteiger partial charge in [-0.25, -0.2) is 9.98 Å². The first-order valence-electron chi connectivity index (χ1n) is 8.17. The molecule has 7 nitrogen and oxygen atoms in total. The van der Waals surface area contributed by atoms with Crippen LogP contribution in [0, 0.1) is 0 Å². The average molecular weight is 372 g/mol. The van der Waals surface area contributed by atoms with Crippen molar-refractivity contribution in [2.24, 2.45) is 4.99 Å². The van der Waals surface area contributed by atoms with Crippen LogP contribution >= 0.6 is 11.3 Å². The molecular formula is C19H12N6OS. The van der Waals surface area contributed by atoms with Gasteiger partial charge in [0.2, 0.25) is 5.96 Å². The SMILES string of the molecule is O=C1NC(Nc2ccc3nccnc3c2)=NC1=Cc1ccc2ncsc2c1. The number of benzene rings is 2. The molecule has 8 heteroatoms. The predicted octanol–water partition coefficient (Wildman–Crippen LogP) is 3.18. The van der Waals surface area contributed by atoms with Crippen LogP contribution in [0.3, 0.4) is 0 Å². The Morgan fingerprint density at radius 3 is 2.74 bits per heavy atom. The lowest BCUT2D eigenvalue weighted by Gasteiger charge is -2.05. The van der Waals surface area contributed by atoms with Crippen LogP contribution < -0.4 is 10.6 Å². The third-order valence-corrected chi connectivity index (χ3v) is 4.88. The van der Waals surface area contributed by atoms with Crippen LogP contribution in [-0.2, 0) is 4.79 Å². The van der Waals surface area contributed by atoms with E-state index < -0.39 is 0 Å². The zero-order chi connectivity index (χ0) is 18.2. The number of hydrogen-bond acceptors (Lipinski definition) is 7. The van der Waals surface area contributed by atoms with Gasteiger partial charge in [0, 0.05) is 18.1 Å². The average Bonchev–Trinajstić information content (AvgIpc) is 3.28. The van der Waals surface area contributed by atoms with E-state index in [9.17, 15) is 4.79 Å². The molecule has 5 rings (SSSR count). The maximum absolute atomic E-state index is 12.2. The number of anilines is 1. The fourth-order valence-corrected chi connectivity index (χ4v) is 3.55. The van der Waals surface area contributed by atoms with Crippen LogP contribution in [0.25, 0.3) is 27.3 Å². The van der Waals surface area contributed by atoms with Crippen LogP contribution in [-0.4, -0.2) is 26.8 Å². The summed E-state index contributed by atoms with van der Waals surface area (Å²) < 4.78 is 1.07. The van der Waals surface area contributed by atoms with Crippen molar-refractivity contribution in [3.63, 3.8) is 0 Å². The molecule has 2 aromatic heterocycles. The second-order valence-corrected chi connectivity index (χ2v) is 6.79. The minimum absolute atomic E-state index is 0.248. The lowest BCUT2D eigenvalue weighted by molar-refractivity contribution is -0.115. The largest absolute Gasteiger partial charge is 0.326 e. The number of aliphatic imine (C=N–C) groups is 1. The van der Waals surface area contributed by atoms with Crippen LogP contribution in [0.2, 0.25) is 0 Å². The Labute approximate surface area is 157 Å². The molecule has 2 N–H and O–H groups in total. The molecule has 0 atom stereocenters. The number of thiazole rings is 1. The first-order chi connectivity index (χ1) is 13.2. The standard InChI is InChI=1S/C19H12N6OS/c26-18-16(7-11-1-3-14-17(8-11)27-10-22-14)24-19(25-18)23-12-2-4-13-15(9-12)21-6-5-20-13/h1-10H,(H2,23,24,25,26). The highest BCUT2D eigenvalue weighted by Gasteiger charge is 2.20. The van der Waals surface area contributed by atoms with Gasteiger partial charge < -0.3 is 5.32 Å². The number of fused-ring (bicyclic) bond motifs is 2. The van der Waals surface area contributed by atoms with Crippen molar-refractivity contribution in [3.8, 4) is 0 Å². The first kappa shape index (κ1) is 15.6. The summed E-state index contributed by atoms with van der Waals surface area (Å²) in [6, 6.07) is 11.4. The number of hydrogen-bond donors (Lipinski definition) is 2. The molecule has 2 aromatic carbocycles. The van der Waals surface area contributed by atoms with Gasteiger partial charge in [0.05, 0.1) is 26.8 Å². The molecule has 1 amide bonds. The van der Waals surface area contributed by atoms with E-state index in [1.165, 1.54) is 0 Å². The van der Waals surface area contributed by atoms with Crippen molar-refractivity contribution < 1.29 is 4.79 Å². The van der Waals surface area contributed by atoms with Gasteiger partial charge in [-0.3, -0.25) is 20.1 Å². The highest BCUT2D eigenvalue weighted by Crippen LogP contribution is 2.22. The zero-order valence-electron chi connectivity index (χ0n) is 13.9. The second-order valence-electron chi connectivity index (χ2n) is 5.91. The summed E-state index contributed by atoms with van der Waals surface area (Å²) in [6.07, 6.45) is 5.05. The Morgan fingerprint density at radius 1 is 0.963 bits per heavy atom. The van der Waals surface area contributed by atoms with E-state index in [-0.39, 0.29) is 5.91 Å². The van der Waals surface area contributed by atoms with Crippen LogP contribution in [0.5, 0.6) is 0 Å². The summed E-state index contributed by atoms with van der Waals surface area (Å²) in [5, 5.41) is 5.84. The zero-order valence-corrected chi connectivity index (χ0v) is 14.7. The van der Waals surface area contributed by atoms with E-state index in [1.54, 1.807) is 35.3 Å². The van der Waals surface area contributed by atoms with Crippen molar-refractivity contribution >= 4 is 56.2 Å². The molecule has 0 fully saturated rings. The topological polar surface area (TPSA) is 92.2 Å². The highest BCUT2D eigenvalue weighted by atomic mass is 32.1. The van der Waals surface area contributed by atoms with Crippen LogP contribution in [0.4, 0.5) is 5.69 Å². The van der Waals surface area contributed by atoms with E-state index >= 15 is 0 Å². The van der Waals surface area contributed by atoms with E-state index in [0.717, 1.165) is 32.5 Å². The van der Waals surface area contributed by atoms with E-state index in [1.807, 2.05) is 36.4 Å². The molecule has 0 spiro atoms. The Hall–Kier alpha value is -3.65. The molecule has 0 unspecified atom stereocenters. The maximum Gasteiger partial charge on any atom is 0.276 e. The molecule has 130 valence electrons. The minimum atomic E-state index is -0.248. The molecule has 0 saturated heterocycles. The van der Waals surface area contributed by atoms with Crippen molar-refractivity contribution in [1.29, 1.82) is 0 Å². The Bertz CT molecular complexity index is 1260. The second kappa shape index (κ2) is 6.26. The molecular weight excluding hydrogens is 360 g/mol. The van der Waals surface area contributed by atoms with Gasteiger partial charge >= 0.3 is 0 Å². The van der Waals surface area contributed by atoms with Gasteiger partial charge in [0.25, 0.3) is 5.91 Å². The highest BCUT2D eigenvalue weighted by molar-refractivity contribution is 7.16. The Morgan fingerprint density at radius 2 is 1.81 bits per heavy atom. The Balaban J connectivity index is 1.42. The van der Waals surface area contributed by atoms with Gasteiger partial charge in [-0.2, -0.15) is 0 Å². The number of amides is 1. The van der Waals surface area contributed by atoms with Crippen molar-refractivity contribution in [2.45, 2.75) is 0 Å². The summed E-state index contributed by atoms with van der Waals surface area (Å²) in [7, 11) is 0. The predicted molar refractivity (Wildman–Crippen MR) is 106 cm³/mol. The van der Waals surface area contributed by atoms with Crippen molar-refractivity contribution in [2.75, 3.05) is 5.32 Å². The summed E-state index contributed by atoms with van der Waals surface area (Å²) in [6.45, 7) is 0. The first-order valence-corrected chi connectivity index (χ1v) is 9.05. The maximum atomic E-state index is 12.2. The summed E-state index contributed by atoms with van der Waals surface area (Å²) in [5.41, 5.74) is 6.35. The summed E-state index contributed by atoms with van der Waals surface area (Å²) >= 11 is 1.56. The normalized spacial score (nSPS) is 15.3. The Kier molecular flexibility index (Phi) is 3.61. The molecule has 3 heterocycles. The van der Waals surface area contributed by atoms with E-state index in [0.29, 0.717) is 11.7 Å². The summed E-state index contributed by atoms with van der Waals surface area (Å²) in [5.74, 6) is 0.135. The van der Waals surface area contributed by atoms with Crippen LogP contribution in [0.15, 0.2) is 65.0 Å². The van der Waals surface area contributed by atoms with Crippen molar-refractivity contribution in [1.82, 2.24) is 20.3 Å². The fourth-order valence-electron chi connectivity index (χ4n) is 2.82. The quantitative estimate of drug-likeness (QED) is 0.527. The van der Waals surface area contributed by atoms with E-state index in [4.69, 9.17) is 0 Å². The molecule has 1 aliphatic heterocycles. The lowest BCUT2D eigenvalue weighted by atomic mass is 10.2. The number of carbonyl (C=O) groups is 1. The third-order valence-electron chi connectivity index (χ3n) is 4.09. The summed E-state index contributed by atoms with van der Waals surface area (Å²) in [4.78, 5) is 29.4. The van der Waals surface area contributed by atoms with Gasteiger partial charge in [-0.1, -0.05) is 6.07 Å². The van der Waals surface area contributed by atoms with Gasteiger partial charge in [0.15, 0.2) is 0 Å². The monoisotopic (exact) mass is 372 g/mol. The number of nitrogens with one attached hydrogen (secondary N) is 2. The molecule has 27 heavy (non-hydrogen) atoms. The molecule has 0 radical (unpaired) electrons. The number of guanidine groups is 1. The smallest absolute Gasteiger partial charge is 0.276 e. The minimum Gasteiger partial charge on any atom is -0.326 e.